The molecule has 2 unspecified atom stereocenters. The molecule has 0 aliphatic carbocycles. The summed E-state index contributed by atoms with van der Waals surface area (Å²) in [5, 5.41) is 0. The lowest BCUT2D eigenvalue weighted by atomic mass is 9.96. The second-order valence-electron chi connectivity index (χ2n) is 5.60. The number of likely N-dealkylation sites (tertiary alicyclic amines) is 1. The van der Waals surface area contributed by atoms with Gasteiger partial charge in [-0.25, -0.2) is 0 Å². The van der Waals surface area contributed by atoms with Gasteiger partial charge in [0.25, 0.3) is 0 Å². The molecule has 2 N–H and O–H groups in total. The molecule has 18 heavy (non-hydrogen) atoms. The van der Waals surface area contributed by atoms with Gasteiger partial charge in [0.15, 0.2) is 0 Å². The predicted molar refractivity (Wildman–Crippen MR) is 77.7 cm³/mol. The van der Waals surface area contributed by atoms with Crippen LogP contribution in [-0.4, -0.2) is 24.5 Å². The SMILES string of the molecule is CCC1CCN(C(CN)c2cccc(C)c2C)C1. The maximum atomic E-state index is 6.05. The highest BCUT2D eigenvalue weighted by molar-refractivity contribution is 5.35. The Bertz CT molecular complexity index is 400. The predicted octanol–water partition coefficient (Wildman–Crippen LogP) is 3.04. The van der Waals surface area contributed by atoms with Gasteiger partial charge >= 0.3 is 0 Å². The molecule has 2 atom stereocenters. The third-order valence-electron chi connectivity index (χ3n) is 4.56. The molecule has 100 valence electrons. The fourth-order valence-electron chi connectivity index (χ4n) is 3.09. The summed E-state index contributed by atoms with van der Waals surface area (Å²) in [6.45, 7) is 9.84. The number of aryl methyl sites for hydroxylation is 1. The van der Waals surface area contributed by atoms with Crippen molar-refractivity contribution < 1.29 is 0 Å². The summed E-state index contributed by atoms with van der Waals surface area (Å²) >= 11 is 0. The van der Waals surface area contributed by atoms with Crippen molar-refractivity contribution in [3.8, 4) is 0 Å². The molecular formula is C16H26N2. The lowest BCUT2D eigenvalue weighted by Crippen LogP contribution is -2.32. The van der Waals surface area contributed by atoms with E-state index in [1.807, 2.05) is 0 Å². The van der Waals surface area contributed by atoms with Gasteiger partial charge in [0.2, 0.25) is 0 Å². The van der Waals surface area contributed by atoms with Crippen molar-refractivity contribution in [2.45, 2.75) is 39.7 Å². The van der Waals surface area contributed by atoms with E-state index in [2.05, 4.69) is 43.9 Å². The monoisotopic (exact) mass is 246 g/mol. The first kappa shape index (κ1) is 13.6. The molecule has 1 heterocycles. The molecule has 1 aliphatic rings. The fraction of sp³-hybridized carbons (Fsp3) is 0.625. The number of nitrogens with zero attached hydrogens (tertiary/aromatic N) is 1. The normalized spacial score (nSPS) is 22.3. The van der Waals surface area contributed by atoms with Crippen LogP contribution in [0, 0.1) is 19.8 Å². The minimum absolute atomic E-state index is 0.404. The van der Waals surface area contributed by atoms with Gasteiger partial charge in [0, 0.05) is 19.1 Å². The first-order chi connectivity index (χ1) is 8.67. The van der Waals surface area contributed by atoms with Crippen LogP contribution in [0.15, 0.2) is 18.2 Å². The minimum atomic E-state index is 0.404. The number of hydrogen-bond acceptors (Lipinski definition) is 2. The third-order valence-corrected chi connectivity index (χ3v) is 4.56. The molecule has 0 saturated carbocycles. The van der Waals surface area contributed by atoms with Gasteiger partial charge in [0.05, 0.1) is 0 Å². The van der Waals surface area contributed by atoms with Gasteiger partial charge in [-0.05, 0) is 49.4 Å². The molecule has 0 spiro atoms. The summed E-state index contributed by atoms with van der Waals surface area (Å²) < 4.78 is 0. The Morgan fingerprint density at radius 2 is 2.17 bits per heavy atom. The molecule has 1 aliphatic heterocycles. The van der Waals surface area contributed by atoms with E-state index in [-0.39, 0.29) is 0 Å². The average molecular weight is 246 g/mol. The van der Waals surface area contributed by atoms with Crippen molar-refractivity contribution in [1.29, 1.82) is 0 Å². The van der Waals surface area contributed by atoms with Crippen molar-refractivity contribution in [1.82, 2.24) is 4.90 Å². The van der Waals surface area contributed by atoms with E-state index in [1.165, 1.54) is 42.6 Å². The van der Waals surface area contributed by atoms with Gasteiger partial charge in [0.1, 0.15) is 0 Å². The highest BCUT2D eigenvalue weighted by Crippen LogP contribution is 2.30. The van der Waals surface area contributed by atoms with Gasteiger partial charge in [-0.3, -0.25) is 4.90 Å². The van der Waals surface area contributed by atoms with E-state index in [1.54, 1.807) is 0 Å². The van der Waals surface area contributed by atoms with Gasteiger partial charge in [-0.2, -0.15) is 0 Å². The van der Waals surface area contributed by atoms with Crippen molar-refractivity contribution in [3.63, 3.8) is 0 Å². The highest BCUT2D eigenvalue weighted by Gasteiger charge is 2.28. The quantitative estimate of drug-likeness (QED) is 0.885. The van der Waals surface area contributed by atoms with E-state index < -0.39 is 0 Å². The van der Waals surface area contributed by atoms with Crippen molar-refractivity contribution in [3.05, 3.63) is 34.9 Å². The summed E-state index contributed by atoms with van der Waals surface area (Å²) in [6, 6.07) is 7.00. The zero-order valence-electron chi connectivity index (χ0n) is 11.9. The minimum Gasteiger partial charge on any atom is -0.329 e. The largest absolute Gasteiger partial charge is 0.329 e. The zero-order chi connectivity index (χ0) is 13.1. The lowest BCUT2D eigenvalue weighted by Gasteiger charge is -2.29. The zero-order valence-corrected chi connectivity index (χ0v) is 11.9. The van der Waals surface area contributed by atoms with Crippen LogP contribution in [0.3, 0.4) is 0 Å². The van der Waals surface area contributed by atoms with Crippen LogP contribution in [0.1, 0.15) is 42.5 Å². The van der Waals surface area contributed by atoms with Crippen molar-refractivity contribution >= 4 is 0 Å². The Balaban J connectivity index is 2.21. The molecular weight excluding hydrogens is 220 g/mol. The molecule has 0 aromatic heterocycles. The molecule has 1 fully saturated rings. The summed E-state index contributed by atoms with van der Waals surface area (Å²) in [5.41, 5.74) is 10.3. The van der Waals surface area contributed by atoms with E-state index in [9.17, 15) is 0 Å². The Morgan fingerprint density at radius 1 is 1.39 bits per heavy atom. The molecule has 0 radical (unpaired) electrons. The summed E-state index contributed by atoms with van der Waals surface area (Å²) in [4.78, 5) is 2.58. The molecule has 2 nitrogen and oxygen atoms in total. The summed E-state index contributed by atoms with van der Waals surface area (Å²) in [6.07, 6.45) is 2.62. The molecule has 1 aromatic rings. The molecule has 0 bridgehead atoms. The maximum absolute atomic E-state index is 6.05. The maximum Gasteiger partial charge on any atom is 0.0473 e. The van der Waals surface area contributed by atoms with Crippen LogP contribution in [0.4, 0.5) is 0 Å². The molecule has 1 aromatic carbocycles. The van der Waals surface area contributed by atoms with Crippen LogP contribution in [-0.2, 0) is 0 Å². The van der Waals surface area contributed by atoms with Crippen molar-refractivity contribution in [2.24, 2.45) is 11.7 Å². The van der Waals surface area contributed by atoms with Crippen molar-refractivity contribution in [2.75, 3.05) is 19.6 Å². The Labute approximate surface area is 111 Å². The standard InChI is InChI=1S/C16H26N2/c1-4-14-8-9-18(11-14)16(10-17)15-7-5-6-12(2)13(15)3/h5-7,14,16H,4,8-11,17H2,1-3H3. The summed E-state index contributed by atoms with van der Waals surface area (Å²) in [7, 11) is 0. The number of nitrogens with two attached hydrogens (primary N) is 1. The van der Waals surface area contributed by atoms with Crippen LogP contribution < -0.4 is 5.73 Å². The molecule has 2 rings (SSSR count). The van der Waals surface area contributed by atoms with Gasteiger partial charge < -0.3 is 5.73 Å². The molecule has 0 amide bonds. The molecule has 1 saturated heterocycles. The number of rotatable bonds is 4. The number of benzene rings is 1. The number of hydrogen-bond donors (Lipinski definition) is 1. The topological polar surface area (TPSA) is 29.3 Å². The van der Waals surface area contributed by atoms with Gasteiger partial charge in [-0.1, -0.05) is 31.5 Å². The molecule has 2 heteroatoms. The van der Waals surface area contributed by atoms with Crippen LogP contribution >= 0.6 is 0 Å². The van der Waals surface area contributed by atoms with E-state index in [4.69, 9.17) is 5.73 Å². The second-order valence-corrected chi connectivity index (χ2v) is 5.60. The van der Waals surface area contributed by atoms with Gasteiger partial charge in [-0.15, -0.1) is 0 Å². The van der Waals surface area contributed by atoms with Crippen LogP contribution in [0.5, 0.6) is 0 Å². The highest BCUT2D eigenvalue weighted by atomic mass is 15.2. The van der Waals surface area contributed by atoms with E-state index in [0.29, 0.717) is 6.04 Å². The van der Waals surface area contributed by atoms with E-state index >= 15 is 0 Å². The first-order valence-corrected chi connectivity index (χ1v) is 7.17. The summed E-state index contributed by atoms with van der Waals surface area (Å²) in [5.74, 6) is 0.865. The third kappa shape index (κ3) is 2.60. The van der Waals surface area contributed by atoms with Crippen LogP contribution in [0.2, 0.25) is 0 Å². The average Bonchev–Trinajstić information content (AvgIpc) is 2.84. The Kier molecular flexibility index (Phi) is 4.41. The Morgan fingerprint density at radius 3 is 2.78 bits per heavy atom. The fourth-order valence-corrected chi connectivity index (χ4v) is 3.09. The lowest BCUT2D eigenvalue weighted by molar-refractivity contribution is 0.240. The Hall–Kier alpha value is -0.860. The van der Waals surface area contributed by atoms with E-state index in [0.717, 1.165) is 12.5 Å². The second kappa shape index (κ2) is 5.85. The van der Waals surface area contributed by atoms with Crippen LogP contribution in [0.25, 0.3) is 0 Å². The smallest absolute Gasteiger partial charge is 0.0473 e. The first-order valence-electron chi connectivity index (χ1n) is 7.17.